The van der Waals surface area contributed by atoms with E-state index in [9.17, 15) is 18.0 Å². The number of alkyl halides is 3. The first-order valence-electron chi connectivity index (χ1n) is 8.74. The van der Waals surface area contributed by atoms with Crippen LogP contribution < -0.4 is 11.1 Å². The van der Waals surface area contributed by atoms with Crippen LogP contribution in [0.3, 0.4) is 0 Å². The van der Waals surface area contributed by atoms with E-state index in [0.717, 1.165) is 6.42 Å². The number of benzene rings is 1. The fourth-order valence-electron chi connectivity index (χ4n) is 2.84. The highest BCUT2D eigenvalue weighted by atomic mass is 19.4. The molecule has 1 atom stereocenters. The van der Waals surface area contributed by atoms with Gasteiger partial charge in [-0.1, -0.05) is 25.1 Å². The molecule has 1 amide bonds. The second kappa shape index (κ2) is 8.87. The Balaban J connectivity index is 1.96. The van der Waals surface area contributed by atoms with E-state index < -0.39 is 11.9 Å². The third-order valence-electron chi connectivity index (χ3n) is 4.42. The zero-order valence-corrected chi connectivity index (χ0v) is 14.8. The Kier molecular flexibility index (Phi) is 6.83. The van der Waals surface area contributed by atoms with Gasteiger partial charge in [0.05, 0.1) is 0 Å². The maximum Gasteiger partial charge on any atom is 0.431 e. The van der Waals surface area contributed by atoms with Crippen LogP contribution >= 0.6 is 0 Å². The molecule has 0 radical (unpaired) electrons. The molecule has 1 unspecified atom stereocenters. The van der Waals surface area contributed by atoms with E-state index in [-0.39, 0.29) is 17.4 Å². The number of anilines is 1. The summed E-state index contributed by atoms with van der Waals surface area (Å²) in [5.41, 5.74) is 5.52. The summed E-state index contributed by atoms with van der Waals surface area (Å²) >= 11 is 0. The molecule has 1 fully saturated rings. The maximum atomic E-state index is 12.9. The summed E-state index contributed by atoms with van der Waals surface area (Å²) in [7, 11) is 0. The average Bonchev–Trinajstić information content (AvgIpc) is 2.61. The molecular weight excluding hydrogens is 343 g/mol. The number of nitrogens with two attached hydrogens (primary N) is 1. The first kappa shape index (κ1) is 20.0. The summed E-state index contributed by atoms with van der Waals surface area (Å²) in [6.07, 6.45) is -1.79. The monoisotopic (exact) mass is 367 g/mol. The Morgan fingerprint density at radius 2 is 1.88 bits per heavy atom. The Labute approximate surface area is 151 Å². The van der Waals surface area contributed by atoms with Crippen LogP contribution in [-0.2, 0) is 4.79 Å². The normalized spacial score (nSPS) is 19.9. The van der Waals surface area contributed by atoms with Gasteiger partial charge in [0.2, 0.25) is 5.91 Å². The summed E-state index contributed by atoms with van der Waals surface area (Å²) in [6, 6.07) is 9.10. The number of hydrogen-bond acceptors (Lipinski definition) is 3. The van der Waals surface area contributed by atoms with E-state index in [1.165, 1.54) is 0 Å². The van der Waals surface area contributed by atoms with Gasteiger partial charge in [0.15, 0.2) is 0 Å². The maximum absolute atomic E-state index is 12.9. The summed E-state index contributed by atoms with van der Waals surface area (Å²) < 4.78 is 38.6. The lowest BCUT2D eigenvalue weighted by Crippen LogP contribution is -2.26. The van der Waals surface area contributed by atoms with E-state index >= 15 is 0 Å². The van der Waals surface area contributed by atoms with Gasteiger partial charge in [-0.15, -0.1) is 0 Å². The molecule has 7 heteroatoms. The number of nitrogens with one attached hydrogen (secondary N) is 1. The molecule has 0 bridgehead atoms. The van der Waals surface area contributed by atoms with Crippen molar-refractivity contribution in [3.05, 3.63) is 41.6 Å². The van der Waals surface area contributed by atoms with Crippen molar-refractivity contribution in [2.75, 3.05) is 11.9 Å². The van der Waals surface area contributed by atoms with E-state index in [1.807, 2.05) is 18.2 Å². The molecule has 0 saturated heterocycles. The predicted octanol–water partition coefficient (Wildman–Crippen LogP) is 4.44. The average molecular weight is 367 g/mol. The van der Waals surface area contributed by atoms with Crippen LogP contribution in [0.15, 0.2) is 46.6 Å². The van der Waals surface area contributed by atoms with Crippen molar-refractivity contribution < 1.29 is 18.0 Å². The summed E-state index contributed by atoms with van der Waals surface area (Å²) in [6.45, 7) is 2.08. The molecule has 4 nitrogen and oxygen atoms in total. The molecule has 0 spiro atoms. The van der Waals surface area contributed by atoms with Gasteiger partial charge in [-0.3, -0.25) is 9.79 Å². The van der Waals surface area contributed by atoms with Gasteiger partial charge in [0, 0.05) is 29.4 Å². The Morgan fingerprint density at radius 3 is 2.54 bits per heavy atom. The molecule has 1 saturated carbocycles. The molecule has 1 aromatic rings. The summed E-state index contributed by atoms with van der Waals surface area (Å²) in [4.78, 5) is 16.5. The Bertz CT molecular complexity index is 681. The van der Waals surface area contributed by atoms with Crippen LogP contribution in [0.4, 0.5) is 18.9 Å². The second-order valence-electron chi connectivity index (χ2n) is 6.47. The van der Waals surface area contributed by atoms with Gasteiger partial charge >= 0.3 is 6.18 Å². The van der Waals surface area contributed by atoms with Gasteiger partial charge in [-0.05, 0) is 44.2 Å². The number of rotatable bonds is 5. The number of aliphatic imine (C=N–C) groups is 1. The smallest absolute Gasteiger partial charge is 0.394 e. The minimum Gasteiger partial charge on any atom is -0.394 e. The predicted molar refractivity (Wildman–Crippen MR) is 96.9 cm³/mol. The topological polar surface area (TPSA) is 67.5 Å². The highest BCUT2D eigenvalue weighted by molar-refractivity contribution is 6.01. The molecule has 0 aliphatic heterocycles. The number of halogens is 3. The van der Waals surface area contributed by atoms with E-state index in [0.29, 0.717) is 43.6 Å². The standard InChI is InChI=1S/C19H24F3N3O/c1-13(18(26)25-14-7-3-2-4-8-14)11-12-24-16-10-6-5-9-15(16)17(23)19(20,21)22/h2-4,7-8,13H,5-6,9-12,23H2,1H3,(H,25,26). The van der Waals surface area contributed by atoms with Gasteiger partial charge in [0.1, 0.15) is 5.70 Å². The van der Waals surface area contributed by atoms with Crippen LogP contribution in [0, 0.1) is 5.92 Å². The van der Waals surface area contributed by atoms with E-state index in [2.05, 4.69) is 10.3 Å². The van der Waals surface area contributed by atoms with Crippen LogP contribution in [0.1, 0.15) is 39.0 Å². The zero-order valence-electron chi connectivity index (χ0n) is 14.8. The molecule has 1 aromatic carbocycles. The lowest BCUT2D eigenvalue weighted by Gasteiger charge is -2.21. The van der Waals surface area contributed by atoms with Gasteiger partial charge in [-0.25, -0.2) is 0 Å². The van der Waals surface area contributed by atoms with Gasteiger partial charge < -0.3 is 11.1 Å². The van der Waals surface area contributed by atoms with Crippen molar-refractivity contribution in [2.24, 2.45) is 16.6 Å². The number of nitrogens with zero attached hydrogens (tertiary/aromatic N) is 1. The number of amides is 1. The number of hydrogen-bond donors (Lipinski definition) is 2. The molecular formula is C19H24F3N3O. The Morgan fingerprint density at radius 1 is 1.23 bits per heavy atom. The van der Waals surface area contributed by atoms with Crippen molar-refractivity contribution in [1.82, 2.24) is 0 Å². The largest absolute Gasteiger partial charge is 0.431 e. The van der Waals surface area contributed by atoms with Crippen LogP contribution in [-0.4, -0.2) is 24.3 Å². The number of carbonyl (C=O) groups excluding carboxylic acids is 1. The minimum atomic E-state index is -4.53. The van der Waals surface area contributed by atoms with Crippen LogP contribution in [0.25, 0.3) is 0 Å². The number of para-hydroxylation sites is 1. The van der Waals surface area contributed by atoms with Crippen molar-refractivity contribution in [3.63, 3.8) is 0 Å². The first-order valence-corrected chi connectivity index (χ1v) is 8.74. The first-order chi connectivity index (χ1) is 12.3. The molecule has 2 rings (SSSR count). The highest BCUT2D eigenvalue weighted by Gasteiger charge is 2.35. The Hall–Kier alpha value is -2.31. The molecule has 3 N–H and O–H groups in total. The van der Waals surface area contributed by atoms with Crippen LogP contribution in [0.5, 0.6) is 0 Å². The number of carbonyl (C=O) groups is 1. The van der Waals surface area contributed by atoms with Crippen molar-refractivity contribution in [3.8, 4) is 0 Å². The number of allylic oxidation sites excluding steroid dienone is 2. The third-order valence-corrected chi connectivity index (χ3v) is 4.42. The molecule has 0 heterocycles. The molecule has 0 aromatic heterocycles. The fraction of sp³-hybridized carbons (Fsp3) is 0.474. The second-order valence-corrected chi connectivity index (χ2v) is 6.47. The summed E-state index contributed by atoms with van der Waals surface area (Å²) in [5.74, 6) is -0.429. The lowest BCUT2D eigenvalue weighted by atomic mass is 9.91. The lowest BCUT2D eigenvalue weighted by molar-refractivity contribution is -0.119. The molecule has 1 aliphatic rings. The van der Waals surface area contributed by atoms with Crippen molar-refractivity contribution >= 4 is 17.3 Å². The SMILES string of the molecule is CC(CCN=C1CCCCC1=C(N)C(F)(F)F)C(=O)Nc1ccccc1. The van der Waals surface area contributed by atoms with E-state index in [1.54, 1.807) is 19.1 Å². The van der Waals surface area contributed by atoms with Crippen molar-refractivity contribution in [1.29, 1.82) is 0 Å². The van der Waals surface area contributed by atoms with Gasteiger partial charge in [-0.2, -0.15) is 13.2 Å². The van der Waals surface area contributed by atoms with E-state index in [4.69, 9.17) is 5.73 Å². The molecule has 1 aliphatic carbocycles. The quantitative estimate of drug-likeness (QED) is 0.808. The molecule has 26 heavy (non-hydrogen) atoms. The van der Waals surface area contributed by atoms with Crippen LogP contribution in [0.2, 0.25) is 0 Å². The fourth-order valence-corrected chi connectivity index (χ4v) is 2.84. The minimum absolute atomic E-state index is 0.116. The zero-order chi connectivity index (χ0) is 19.2. The molecule has 142 valence electrons. The van der Waals surface area contributed by atoms with Crippen molar-refractivity contribution in [2.45, 2.75) is 45.2 Å². The summed E-state index contributed by atoms with van der Waals surface area (Å²) in [5, 5.41) is 2.81. The van der Waals surface area contributed by atoms with Gasteiger partial charge in [0.25, 0.3) is 0 Å². The highest BCUT2D eigenvalue weighted by Crippen LogP contribution is 2.31. The third kappa shape index (κ3) is 5.61.